The molecule has 0 aromatic heterocycles. The van der Waals surface area contributed by atoms with E-state index in [9.17, 15) is 14.7 Å². The summed E-state index contributed by atoms with van der Waals surface area (Å²) in [7, 11) is 1.54. The second-order valence-corrected chi connectivity index (χ2v) is 8.82. The van der Waals surface area contributed by atoms with Crippen LogP contribution in [0, 0.1) is 0 Å². The minimum Gasteiger partial charge on any atom is -0.507 e. The van der Waals surface area contributed by atoms with Gasteiger partial charge < -0.3 is 19.5 Å². The van der Waals surface area contributed by atoms with Crippen molar-refractivity contribution in [3.8, 4) is 5.75 Å². The highest BCUT2D eigenvalue weighted by atomic mass is 16.5. The molecule has 1 atom stereocenters. The van der Waals surface area contributed by atoms with Crippen LogP contribution in [0.15, 0.2) is 54.1 Å². The van der Waals surface area contributed by atoms with E-state index in [1.807, 2.05) is 38.1 Å². The van der Waals surface area contributed by atoms with Gasteiger partial charge >= 0.3 is 0 Å². The first-order valence-corrected chi connectivity index (χ1v) is 11.4. The average molecular weight is 452 g/mol. The number of carbonyl (C=O) groups is 2. The Kier molecular flexibility index (Phi) is 7.92. The van der Waals surface area contributed by atoms with Gasteiger partial charge in [0.15, 0.2) is 0 Å². The van der Waals surface area contributed by atoms with Crippen LogP contribution < -0.4 is 4.74 Å². The number of aliphatic hydroxyl groups excluding tert-OH is 1. The van der Waals surface area contributed by atoms with Crippen LogP contribution in [0.1, 0.15) is 62.8 Å². The Morgan fingerprint density at radius 3 is 2.36 bits per heavy atom. The summed E-state index contributed by atoms with van der Waals surface area (Å²) in [6.45, 7) is 8.96. The number of aliphatic hydroxyl groups is 1. The van der Waals surface area contributed by atoms with Crippen LogP contribution in [0.5, 0.6) is 5.75 Å². The molecule has 1 aliphatic rings. The molecule has 0 radical (unpaired) electrons. The van der Waals surface area contributed by atoms with E-state index < -0.39 is 17.7 Å². The number of likely N-dealkylation sites (tertiary alicyclic amines) is 1. The van der Waals surface area contributed by atoms with Crippen molar-refractivity contribution < 1.29 is 24.2 Å². The van der Waals surface area contributed by atoms with Crippen LogP contribution >= 0.6 is 0 Å². The molecule has 176 valence electrons. The lowest BCUT2D eigenvalue weighted by Gasteiger charge is -2.26. The molecular weight excluding hydrogens is 418 g/mol. The molecular formula is C27H33NO5. The predicted molar refractivity (Wildman–Crippen MR) is 128 cm³/mol. The van der Waals surface area contributed by atoms with Crippen molar-refractivity contribution in [1.82, 2.24) is 4.90 Å². The lowest BCUT2D eigenvalue weighted by molar-refractivity contribution is -0.140. The summed E-state index contributed by atoms with van der Waals surface area (Å²) in [5, 5.41) is 11.2. The fourth-order valence-electron chi connectivity index (χ4n) is 4.00. The molecule has 3 rings (SSSR count). The van der Waals surface area contributed by atoms with Gasteiger partial charge in [0.25, 0.3) is 11.7 Å². The molecule has 1 heterocycles. The monoisotopic (exact) mass is 451 g/mol. The van der Waals surface area contributed by atoms with Crippen molar-refractivity contribution in [3.05, 3.63) is 70.8 Å². The van der Waals surface area contributed by atoms with Gasteiger partial charge in [-0.05, 0) is 49.4 Å². The number of methoxy groups -OCH3 is 1. The van der Waals surface area contributed by atoms with Crippen molar-refractivity contribution in [2.24, 2.45) is 0 Å². The maximum Gasteiger partial charge on any atom is 0.295 e. The maximum atomic E-state index is 13.1. The topological polar surface area (TPSA) is 76.1 Å². The summed E-state index contributed by atoms with van der Waals surface area (Å²) < 4.78 is 10.9. The number of hydrogen-bond acceptors (Lipinski definition) is 5. The van der Waals surface area contributed by atoms with Crippen LogP contribution in [-0.4, -0.2) is 48.1 Å². The number of amides is 1. The van der Waals surface area contributed by atoms with Gasteiger partial charge in [0, 0.05) is 18.7 Å². The molecule has 0 spiro atoms. The van der Waals surface area contributed by atoms with Crippen molar-refractivity contribution in [3.63, 3.8) is 0 Å². The van der Waals surface area contributed by atoms with Crippen molar-refractivity contribution in [2.75, 3.05) is 20.3 Å². The van der Waals surface area contributed by atoms with Crippen LogP contribution in [0.25, 0.3) is 5.76 Å². The van der Waals surface area contributed by atoms with E-state index in [4.69, 9.17) is 9.47 Å². The molecule has 0 bridgehead atoms. The first-order valence-electron chi connectivity index (χ1n) is 11.4. The zero-order valence-electron chi connectivity index (χ0n) is 20.0. The molecule has 1 aliphatic heterocycles. The van der Waals surface area contributed by atoms with Crippen LogP contribution in [0.3, 0.4) is 0 Å². The summed E-state index contributed by atoms with van der Waals surface area (Å²) in [6, 6.07) is 14.0. The standard InChI is InChI=1S/C27H33NO5/c1-17(2)19-10-12-20(13-11-19)24-23(25(29)21-8-6-9-22(16-21)32-5)26(30)27(31)28(24)14-7-15-33-18(3)4/h6,8-13,16-18,24,29H,7,14-15H2,1-5H3/t24-/m0/s1. The maximum absolute atomic E-state index is 13.1. The molecule has 33 heavy (non-hydrogen) atoms. The Hall–Kier alpha value is -3.12. The summed E-state index contributed by atoms with van der Waals surface area (Å²) in [5.41, 5.74) is 2.47. The van der Waals surface area contributed by atoms with E-state index in [-0.39, 0.29) is 17.4 Å². The SMILES string of the molecule is COc1cccc(C(O)=C2C(=O)C(=O)N(CCCOC(C)C)[C@H]2c2ccc(C(C)C)cc2)c1. The number of rotatable bonds is 9. The fourth-order valence-corrected chi connectivity index (χ4v) is 4.00. The normalized spacial score (nSPS) is 17.9. The molecule has 0 saturated carbocycles. The summed E-state index contributed by atoms with van der Waals surface area (Å²) in [6.07, 6.45) is 0.679. The molecule has 1 saturated heterocycles. The van der Waals surface area contributed by atoms with E-state index in [0.717, 1.165) is 11.1 Å². The van der Waals surface area contributed by atoms with Gasteiger partial charge in [0.05, 0.1) is 24.8 Å². The Labute approximate surface area is 195 Å². The third-order valence-corrected chi connectivity index (χ3v) is 5.80. The first-order chi connectivity index (χ1) is 15.7. The first kappa shape index (κ1) is 24.5. The number of nitrogens with zero attached hydrogens (tertiary/aromatic N) is 1. The van der Waals surface area contributed by atoms with Crippen LogP contribution in [-0.2, 0) is 14.3 Å². The number of hydrogen-bond donors (Lipinski definition) is 1. The van der Waals surface area contributed by atoms with E-state index in [0.29, 0.717) is 36.8 Å². The van der Waals surface area contributed by atoms with Crippen LogP contribution in [0.2, 0.25) is 0 Å². The second-order valence-electron chi connectivity index (χ2n) is 8.82. The van der Waals surface area contributed by atoms with Gasteiger partial charge in [-0.1, -0.05) is 50.2 Å². The Balaban J connectivity index is 2.05. The van der Waals surface area contributed by atoms with Crippen LogP contribution in [0.4, 0.5) is 0 Å². The molecule has 1 amide bonds. The summed E-state index contributed by atoms with van der Waals surface area (Å²) in [5.74, 6) is -0.585. The largest absolute Gasteiger partial charge is 0.507 e. The minimum atomic E-state index is -0.682. The summed E-state index contributed by atoms with van der Waals surface area (Å²) >= 11 is 0. The Morgan fingerprint density at radius 2 is 1.76 bits per heavy atom. The molecule has 2 aromatic carbocycles. The zero-order chi connectivity index (χ0) is 24.1. The smallest absolute Gasteiger partial charge is 0.295 e. The minimum absolute atomic E-state index is 0.0906. The number of ether oxygens (including phenoxy) is 2. The van der Waals surface area contributed by atoms with E-state index in [1.54, 1.807) is 29.2 Å². The molecule has 1 N–H and O–H groups in total. The van der Waals surface area contributed by atoms with Gasteiger partial charge in [-0.15, -0.1) is 0 Å². The van der Waals surface area contributed by atoms with E-state index >= 15 is 0 Å². The highest BCUT2D eigenvalue weighted by Gasteiger charge is 2.45. The predicted octanol–water partition coefficient (Wildman–Crippen LogP) is 5.06. The number of benzene rings is 2. The lowest BCUT2D eigenvalue weighted by Crippen LogP contribution is -2.31. The third kappa shape index (κ3) is 5.45. The molecule has 6 nitrogen and oxygen atoms in total. The molecule has 0 unspecified atom stereocenters. The zero-order valence-corrected chi connectivity index (χ0v) is 20.0. The van der Waals surface area contributed by atoms with Gasteiger partial charge in [-0.3, -0.25) is 9.59 Å². The Bertz CT molecular complexity index is 1020. The molecule has 0 aliphatic carbocycles. The number of carbonyl (C=O) groups excluding carboxylic acids is 2. The van der Waals surface area contributed by atoms with Gasteiger partial charge in [-0.2, -0.15) is 0 Å². The molecule has 6 heteroatoms. The highest BCUT2D eigenvalue weighted by Crippen LogP contribution is 2.40. The average Bonchev–Trinajstić information content (AvgIpc) is 3.06. The van der Waals surface area contributed by atoms with Crippen molar-refractivity contribution in [2.45, 2.75) is 52.2 Å². The summed E-state index contributed by atoms with van der Waals surface area (Å²) in [4.78, 5) is 27.7. The number of ketones is 1. The van der Waals surface area contributed by atoms with Crippen molar-refractivity contribution >= 4 is 17.4 Å². The fraction of sp³-hybridized carbons (Fsp3) is 0.407. The second kappa shape index (κ2) is 10.7. The quantitative estimate of drug-likeness (QED) is 0.250. The lowest BCUT2D eigenvalue weighted by atomic mass is 9.93. The third-order valence-electron chi connectivity index (χ3n) is 5.80. The Morgan fingerprint density at radius 1 is 1.06 bits per heavy atom. The van der Waals surface area contributed by atoms with Gasteiger partial charge in [0.2, 0.25) is 0 Å². The highest BCUT2D eigenvalue weighted by molar-refractivity contribution is 6.46. The molecule has 2 aromatic rings. The van der Waals surface area contributed by atoms with E-state index in [2.05, 4.69) is 13.8 Å². The number of Topliss-reactive ketones (excluding diaryl/α,β-unsaturated/α-hetero) is 1. The van der Waals surface area contributed by atoms with E-state index in [1.165, 1.54) is 7.11 Å². The molecule has 1 fully saturated rings. The van der Waals surface area contributed by atoms with Crippen molar-refractivity contribution in [1.29, 1.82) is 0 Å². The van der Waals surface area contributed by atoms with Gasteiger partial charge in [0.1, 0.15) is 11.5 Å². The van der Waals surface area contributed by atoms with Gasteiger partial charge in [-0.25, -0.2) is 0 Å².